The minimum atomic E-state index is 0.0414. The van der Waals surface area contributed by atoms with Gasteiger partial charge in [-0.25, -0.2) is 14.6 Å². The van der Waals surface area contributed by atoms with E-state index in [2.05, 4.69) is 28.7 Å². The highest BCUT2D eigenvalue weighted by Crippen LogP contribution is 2.31. The summed E-state index contributed by atoms with van der Waals surface area (Å²) in [7, 11) is 0. The second kappa shape index (κ2) is 8.89. The van der Waals surface area contributed by atoms with Crippen LogP contribution in [0.15, 0.2) is 60.9 Å². The lowest BCUT2D eigenvalue weighted by atomic mass is 10.1. The van der Waals surface area contributed by atoms with Gasteiger partial charge in [0.2, 0.25) is 0 Å². The first kappa shape index (κ1) is 20.8. The molecule has 172 valence electrons. The Labute approximate surface area is 197 Å². The second-order valence-electron chi connectivity index (χ2n) is 8.67. The molecule has 3 N–H and O–H groups in total. The number of hydrogen-bond acceptors (Lipinski definition) is 7. The standard InChI is InChI=1S/C26H26N6O2/c27-20-5-3-4-18(12-20)25-30-23-16-33-15-22(23)26(31-25)29-21-9-7-17(8-10-21)19-13-28-32(14-19)24-6-1-2-11-34-24/h3-5,7-10,12-14,24H,1-2,6,11,15-16,27H2,(H,29,30,31). The average molecular weight is 455 g/mol. The summed E-state index contributed by atoms with van der Waals surface area (Å²) in [6.45, 7) is 1.78. The summed E-state index contributed by atoms with van der Waals surface area (Å²) in [6.07, 6.45) is 7.31. The van der Waals surface area contributed by atoms with Gasteiger partial charge in [0, 0.05) is 40.9 Å². The third-order valence-corrected chi connectivity index (χ3v) is 6.26. The molecular weight excluding hydrogens is 428 g/mol. The number of benzene rings is 2. The average Bonchev–Trinajstić information content (AvgIpc) is 3.55. The van der Waals surface area contributed by atoms with Gasteiger partial charge >= 0.3 is 0 Å². The highest BCUT2D eigenvalue weighted by atomic mass is 16.5. The van der Waals surface area contributed by atoms with Crippen molar-refractivity contribution in [2.24, 2.45) is 0 Å². The molecule has 0 aliphatic carbocycles. The number of hydrogen-bond donors (Lipinski definition) is 2. The van der Waals surface area contributed by atoms with Crippen molar-refractivity contribution in [3.63, 3.8) is 0 Å². The van der Waals surface area contributed by atoms with Gasteiger partial charge in [-0.2, -0.15) is 5.10 Å². The minimum absolute atomic E-state index is 0.0414. The summed E-state index contributed by atoms with van der Waals surface area (Å²) in [6, 6.07) is 15.9. The molecule has 2 aliphatic rings. The van der Waals surface area contributed by atoms with Crippen LogP contribution in [0.1, 0.15) is 36.7 Å². The first-order valence-corrected chi connectivity index (χ1v) is 11.6. The lowest BCUT2D eigenvalue weighted by Crippen LogP contribution is -2.18. The van der Waals surface area contributed by atoms with Crippen molar-refractivity contribution >= 4 is 17.2 Å². The predicted molar refractivity (Wildman–Crippen MR) is 130 cm³/mol. The van der Waals surface area contributed by atoms with Crippen molar-refractivity contribution in [2.75, 3.05) is 17.7 Å². The highest BCUT2D eigenvalue weighted by Gasteiger charge is 2.21. The molecule has 2 aromatic carbocycles. The molecule has 2 aromatic heterocycles. The van der Waals surface area contributed by atoms with E-state index >= 15 is 0 Å². The number of ether oxygens (including phenoxy) is 2. The van der Waals surface area contributed by atoms with E-state index in [0.717, 1.165) is 58.9 Å². The van der Waals surface area contributed by atoms with E-state index < -0.39 is 0 Å². The quantitative estimate of drug-likeness (QED) is 0.407. The number of aromatic nitrogens is 4. The smallest absolute Gasteiger partial charge is 0.161 e. The van der Waals surface area contributed by atoms with Crippen molar-refractivity contribution in [3.05, 3.63) is 72.2 Å². The first-order chi connectivity index (χ1) is 16.7. The van der Waals surface area contributed by atoms with Crippen LogP contribution in [0, 0.1) is 0 Å². The zero-order valence-corrected chi connectivity index (χ0v) is 18.8. The maximum atomic E-state index is 5.97. The molecule has 1 saturated heterocycles. The monoisotopic (exact) mass is 454 g/mol. The molecule has 0 bridgehead atoms. The minimum Gasteiger partial charge on any atom is -0.399 e. The van der Waals surface area contributed by atoms with Crippen LogP contribution in [-0.4, -0.2) is 26.4 Å². The summed E-state index contributed by atoms with van der Waals surface area (Å²) >= 11 is 0. The van der Waals surface area contributed by atoms with E-state index in [1.165, 1.54) is 6.42 Å². The Hall–Kier alpha value is -3.75. The van der Waals surface area contributed by atoms with Crippen molar-refractivity contribution in [1.29, 1.82) is 0 Å². The van der Waals surface area contributed by atoms with Gasteiger partial charge in [0.1, 0.15) is 12.0 Å². The molecule has 4 aromatic rings. The number of nitrogens with zero attached hydrogens (tertiary/aromatic N) is 4. The fourth-order valence-electron chi connectivity index (χ4n) is 4.42. The fraction of sp³-hybridized carbons (Fsp3) is 0.269. The van der Waals surface area contributed by atoms with Gasteiger partial charge in [-0.3, -0.25) is 0 Å². The summed E-state index contributed by atoms with van der Waals surface area (Å²) in [5, 5.41) is 7.99. The highest BCUT2D eigenvalue weighted by molar-refractivity contribution is 5.70. The van der Waals surface area contributed by atoms with E-state index in [0.29, 0.717) is 24.7 Å². The molecule has 0 radical (unpaired) electrons. The number of fused-ring (bicyclic) bond motifs is 1. The van der Waals surface area contributed by atoms with Gasteiger partial charge in [-0.05, 0) is 49.1 Å². The predicted octanol–water partition coefficient (Wildman–Crippen LogP) is 5.06. The fourth-order valence-corrected chi connectivity index (χ4v) is 4.42. The van der Waals surface area contributed by atoms with Gasteiger partial charge in [0.05, 0.1) is 25.1 Å². The Kier molecular flexibility index (Phi) is 5.44. The van der Waals surface area contributed by atoms with Crippen LogP contribution in [0.3, 0.4) is 0 Å². The number of nitrogen functional groups attached to an aromatic ring is 1. The van der Waals surface area contributed by atoms with Crippen LogP contribution >= 0.6 is 0 Å². The lowest BCUT2D eigenvalue weighted by molar-refractivity contribution is -0.0394. The second-order valence-corrected chi connectivity index (χ2v) is 8.67. The van der Waals surface area contributed by atoms with Crippen molar-refractivity contribution in [3.8, 4) is 22.5 Å². The summed E-state index contributed by atoms with van der Waals surface area (Å²) in [4.78, 5) is 9.51. The third-order valence-electron chi connectivity index (χ3n) is 6.26. The Balaban J connectivity index is 1.24. The Morgan fingerprint density at radius 3 is 2.71 bits per heavy atom. The maximum absolute atomic E-state index is 5.97. The van der Waals surface area contributed by atoms with Gasteiger partial charge in [0.25, 0.3) is 0 Å². The SMILES string of the molecule is Nc1cccc(-c2nc3c(c(Nc4ccc(-c5cnn(C6CCCCO6)c5)cc4)n2)COC3)c1. The molecule has 2 aliphatic heterocycles. The molecule has 4 heterocycles. The topological polar surface area (TPSA) is 100 Å². The molecule has 1 unspecified atom stereocenters. The van der Waals surface area contributed by atoms with E-state index in [1.807, 2.05) is 47.3 Å². The summed E-state index contributed by atoms with van der Waals surface area (Å²) in [5.74, 6) is 1.39. The van der Waals surface area contributed by atoms with Gasteiger partial charge < -0.3 is 20.5 Å². The summed E-state index contributed by atoms with van der Waals surface area (Å²) in [5.41, 5.74) is 12.5. The van der Waals surface area contributed by atoms with Crippen molar-refractivity contribution in [1.82, 2.24) is 19.7 Å². The Morgan fingerprint density at radius 1 is 0.971 bits per heavy atom. The molecule has 6 rings (SSSR count). The Morgan fingerprint density at radius 2 is 1.88 bits per heavy atom. The maximum Gasteiger partial charge on any atom is 0.161 e. The molecule has 8 nitrogen and oxygen atoms in total. The van der Waals surface area contributed by atoms with Gasteiger partial charge in [-0.1, -0.05) is 24.3 Å². The molecule has 8 heteroatoms. The summed E-state index contributed by atoms with van der Waals surface area (Å²) < 4.78 is 13.4. The van der Waals surface area contributed by atoms with Gasteiger partial charge in [-0.15, -0.1) is 0 Å². The zero-order valence-electron chi connectivity index (χ0n) is 18.8. The van der Waals surface area contributed by atoms with E-state index in [9.17, 15) is 0 Å². The molecule has 1 atom stereocenters. The zero-order chi connectivity index (χ0) is 22.9. The van der Waals surface area contributed by atoms with Crippen LogP contribution in [-0.2, 0) is 22.7 Å². The molecular formula is C26H26N6O2. The lowest BCUT2D eigenvalue weighted by Gasteiger charge is -2.22. The number of nitrogens with one attached hydrogen (secondary N) is 1. The van der Waals surface area contributed by atoms with Crippen molar-refractivity contribution < 1.29 is 9.47 Å². The van der Waals surface area contributed by atoms with Crippen LogP contribution in [0.5, 0.6) is 0 Å². The van der Waals surface area contributed by atoms with E-state index in [4.69, 9.17) is 25.2 Å². The largest absolute Gasteiger partial charge is 0.399 e. The first-order valence-electron chi connectivity index (χ1n) is 11.6. The van der Waals surface area contributed by atoms with Crippen LogP contribution in [0.2, 0.25) is 0 Å². The number of anilines is 3. The molecule has 0 saturated carbocycles. The molecule has 34 heavy (non-hydrogen) atoms. The van der Waals surface area contributed by atoms with Gasteiger partial charge in [0.15, 0.2) is 5.82 Å². The van der Waals surface area contributed by atoms with Crippen LogP contribution in [0.4, 0.5) is 17.2 Å². The van der Waals surface area contributed by atoms with E-state index in [1.54, 1.807) is 0 Å². The molecule has 0 amide bonds. The van der Waals surface area contributed by atoms with Crippen LogP contribution < -0.4 is 11.1 Å². The third kappa shape index (κ3) is 4.13. The van der Waals surface area contributed by atoms with Crippen LogP contribution in [0.25, 0.3) is 22.5 Å². The van der Waals surface area contributed by atoms with Crippen molar-refractivity contribution in [2.45, 2.75) is 38.7 Å². The number of rotatable bonds is 5. The van der Waals surface area contributed by atoms with E-state index in [-0.39, 0.29) is 6.23 Å². The molecule has 0 spiro atoms. The normalized spacial score (nSPS) is 17.5. The Bertz CT molecular complexity index is 1310. The number of nitrogens with two attached hydrogens (primary N) is 1. The molecule has 1 fully saturated rings.